The highest BCUT2D eigenvalue weighted by atomic mass is 16.1. The van der Waals surface area contributed by atoms with Crippen LogP contribution in [0, 0.1) is 11.3 Å². The molecular formula is C23H34N4O. The van der Waals surface area contributed by atoms with E-state index in [9.17, 15) is 4.79 Å². The fraction of sp³-hybridized carbons (Fsp3) is 0.565. The van der Waals surface area contributed by atoms with Crippen molar-refractivity contribution in [3.63, 3.8) is 0 Å². The number of nitrogens with one attached hydrogen (secondary N) is 1. The fourth-order valence-corrected chi connectivity index (χ4v) is 3.94. The largest absolute Gasteiger partial charge is 0.349 e. The van der Waals surface area contributed by atoms with E-state index in [2.05, 4.69) is 52.7 Å². The Hall–Kier alpha value is -2.14. The molecule has 1 aliphatic rings. The predicted octanol–water partition coefficient (Wildman–Crippen LogP) is 3.93. The number of imidazole rings is 1. The second kappa shape index (κ2) is 8.91. The topological polar surface area (TPSA) is 50.2 Å². The highest BCUT2D eigenvalue weighted by Crippen LogP contribution is 2.30. The molecule has 0 unspecified atom stereocenters. The number of benzene rings is 1. The van der Waals surface area contributed by atoms with Crippen molar-refractivity contribution in [3.05, 3.63) is 54.1 Å². The number of hydrogen-bond donors (Lipinski definition) is 1. The van der Waals surface area contributed by atoms with E-state index in [0.717, 1.165) is 44.7 Å². The highest BCUT2D eigenvalue weighted by Gasteiger charge is 2.28. The Morgan fingerprint density at radius 2 is 1.89 bits per heavy atom. The van der Waals surface area contributed by atoms with E-state index in [1.807, 2.05) is 37.6 Å². The third kappa shape index (κ3) is 5.68. The minimum atomic E-state index is 0.0688. The normalized spacial score (nSPS) is 17.4. The maximum absolute atomic E-state index is 13.0. The Kier molecular flexibility index (Phi) is 6.55. The van der Waals surface area contributed by atoms with Gasteiger partial charge in [-0.15, -0.1) is 0 Å². The number of aromatic nitrogens is 2. The summed E-state index contributed by atoms with van der Waals surface area (Å²) in [6.07, 6.45) is 6.57. The van der Waals surface area contributed by atoms with Crippen LogP contribution in [0.15, 0.2) is 42.7 Å². The van der Waals surface area contributed by atoms with Gasteiger partial charge in [-0.2, -0.15) is 0 Å². The molecule has 3 rings (SSSR count). The van der Waals surface area contributed by atoms with Crippen molar-refractivity contribution >= 4 is 5.91 Å². The Labute approximate surface area is 169 Å². The van der Waals surface area contributed by atoms with Crippen molar-refractivity contribution in [3.8, 4) is 0 Å². The number of carbonyl (C=O) groups is 1. The van der Waals surface area contributed by atoms with Gasteiger partial charge in [0.15, 0.2) is 0 Å². The van der Waals surface area contributed by atoms with Gasteiger partial charge < -0.3 is 9.88 Å². The number of rotatable bonds is 6. The molecule has 1 atom stereocenters. The van der Waals surface area contributed by atoms with Gasteiger partial charge in [-0.1, -0.05) is 51.1 Å². The summed E-state index contributed by atoms with van der Waals surface area (Å²) in [5, 5.41) is 3.36. The van der Waals surface area contributed by atoms with Gasteiger partial charge in [0.25, 0.3) is 0 Å². The van der Waals surface area contributed by atoms with Crippen molar-refractivity contribution in [1.29, 1.82) is 0 Å². The van der Waals surface area contributed by atoms with E-state index in [1.54, 1.807) is 0 Å². The molecule has 2 aromatic rings. The first-order chi connectivity index (χ1) is 13.3. The van der Waals surface area contributed by atoms with Crippen molar-refractivity contribution in [1.82, 2.24) is 19.8 Å². The molecule has 0 aliphatic carbocycles. The fourth-order valence-electron chi connectivity index (χ4n) is 3.94. The van der Waals surface area contributed by atoms with Crippen LogP contribution >= 0.6 is 0 Å². The van der Waals surface area contributed by atoms with Gasteiger partial charge in [0.2, 0.25) is 5.91 Å². The van der Waals surface area contributed by atoms with Crippen LogP contribution in [0.5, 0.6) is 0 Å². The van der Waals surface area contributed by atoms with Crippen molar-refractivity contribution < 1.29 is 4.79 Å². The zero-order valence-electron chi connectivity index (χ0n) is 17.7. The zero-order valence-corrected chi connectivity index (χ0v) is 17.7. The second-order valence-electron chi connectivity index (χ2n) is 9.24. The first-order valence-electron chi connectivity index (χ1n) is 10.4. The number of hydrogen-bond acceptors (Lipinski definition) is 3. The Bertz CT molecular complexity index is 754. The molecule has 28 heavy (non-hydrogen) atoms. The smallest absolute Gasteiger partial charge is 0.223 e. The predicted molar refractivity (Wildman–Crippen MR) is 113 cm³/mol. The van der Waals surface area contributed by atoms with Crippen LogP contribution in [0.3, 0.4) is 0 Å². The molecule has 0 radical (unpaired) electrons. The van der Waals surface area contributed by atoms with Crippen LogP contribution in [0.25, 0.3) is 0 Å². The maximum atomic E-state index is 13.0. The summed E-state index contributed by atoms with van der Waals surface area (Å²) in [6.45, 7) is 9.43. The van der Waals surface area contributed by atoms with E-state index in [1.165, 1.54) is 5.56 Å². The van der Waals surface area contributed by atoms with E-state index >= 15 is 0 Å². The van der Waals surface area contributed by atoms with E-state index < -0.39 is 0 Å². The van der Waals surface area contributed by atoms with Gasteiger partial charge in [-0.25, -0.2) is 4.98 Å². The number of carbonyl (C=O) groups excluding carboxylic acids is 1. The summed E-state index contributed by atoms with van der Waals surface area (Å²) < 4.78 is 2.07. The molecule has 1 amide bonds. The summed E-state index contributed by atoms with van der Waals surface area (Å²) in [6, 6.07) is 10.4. The Balaban J connectivity index is 1.56. The Morgan fingerprint density at radius 3 is 2.46 bits per heavy atom. The van der Waals surface area contributed by atoms with E-state index in [0.29, 0.717) is 0 Å². The zero-order chi connectivity index (χ0) is 20.1. The average molecular weight is 383 g/mol. The molecule has 5 nitrogen and oxygen atoms in total. The van der Waals surface area contributed by atoms with Gasteiger partial charge in [0.05, 0.1) is 12.6 Å². The third-order valence-corrected chi connectivity index (χ3v) is 5.58. The minimum absolute atomic E-state index is 0.0688. The molecule has 1 aliphatic heterocycles. The van der Waals surface area contributed by atoms with Crippen LogP contribution in [0.1, 0.15) is 57.5 Å². The van der Waals surface area contributed by atoms with Crippen molar-refractivity contribution in [2.45, 2.75) is 52.6 Å². The molecule has 1 saturated heterocycles. The first kappa shape index (κ1) is 20.6. The summed E-state index contributed by atoms with van der Waals surface area (Å²) in [5.41, 5.74) is 1.34. The van der Waals surface area contributed by atoms with Crippen molar-refractivity contribution in [2.75, 3.05) is 13.1 Å². The molecular weight excluding hydrogens is 348 g/mol. The number of aryl methyl sites for hydroxylation is 1. The molecule has 0 saturated carbocycles. The Morgan fingerprint density at radius 1 is 1.21 bits per heavy atom. The minimum Gasteiger partial charge on any atom is -0.349 e. The van der Waals surface area contributed by atoms with Gasteiger partial charge >= 0.3 is 0 Å². The van der Waals surface area contributed by atoms with E-state index in [4.69, 9.17) is 0 Å². The van der Waals surface area contributed by atoms with E-state index in [-0.39, 0.29) is 23.3 Å². The molecule has 1 aromatic carbocycles. The number of nitrogens with zero attached hydrogens (tertiary/aromatic N) is 3. The van der Waals surface area contributed by atoms with Crippen LogP contribution in [0.2, 0.25) is 0 Å². The molecule has 1 aromatic heterocycles. The number of amides is 1. The van der Waals surface area contributed by atoms with Crippen LogP contribution < -0.4 is 5.32 Å². The lowest BCUT2D eigenvalue weighted by molar-refractivity contribution is -0.127. The second-order valence-corrected chi connectivity index (χ2v) is 9.24. The number of piperidine rings is 1. The summed E-state index contributed by atoms with van der Waals surface area (Å²) in [7, 11) is 2.03. The molecule has 5 heteroatoms. The van der Waals surface area contributed by atoms with Crippen molar-refractivity contribution in [2.24, 2.45) is 18.4 Å². The average Bonchev–Trinajstić information content (AvgIpc) is 3.06. The summed E-state index contributed by atoms with van der Waals surface area (Å²) in [4.78, 5) is 19.8. The SMILES string of the molecule is Cn1ccnc1CN1CCC(C(=O)N[C@@H](CC(C)(C)C)c2ccccc2)CC1. The molecule has 0 bridgehead atoms. The lowest BCUT2D eigenvalue weighted by Crippen LogP contribution is -2.42. The number of likely N-dealkylation sites (tertiary alicyclic amines) is 1. The quantitative estimate of drug-likeness (QED) is 0.824. The lowest BCUT2D eigenvalue weighted by atomic mass is 9.85. The monoisotopic (exact) mass is 382 g/mol. The van der Waals surface area contributed by atoms with Gasteiger partial charge in [-0.3, -0.25) is 9.69 Å². The van der Waals surface area contributed by atoms with Gasteiger partial charge in [-0.05, 0) is 43.3 Å². The van der Waals surface area contributed by atoms with Crippen LogP contribution in [-0.4, -0.2) is 33.4 Å². The third-order valence-electron chi connectivity index (χ3n) is 5.58. The van der Waals surface area contributed by atoms with Gasteiger partial charge in [0, 0.05) is 25.4 Å². The summed E-state index contributed by atoms with van der Waals surface area (Å²) in [5.74, 6) is 1.38. The first-order valence-corrected chi connectivity index (χ1v) is 10.4. The van der Waals surface area contributed by atoms with Gasteiger partial charge in [0.1, 0.15) is 5.82 Å². The molecule has 152 valence electrons. The molecule has 2 heterocycles. The molecule has 1 N–H and O–H groups in total. The molecule has 1 fully saturated rings. The maximum Gasteiger partial charge on any atom is 0.223 e. The summed E-state index contributed by atoms with van der Waals surface area (Å²) >= 11 is 0. The standard InChI is InChI=1S/C23H34N4O/c1-23(2,3)16-20(18-8-6-5-7-9-18)25-22(28)19-10-13-27(14-11-19)17-21-24-12-15-26(21)4/h5-9,12,15,19-20H,10-11,13-14,16-17H2,1-4H3,(H,25,28)/t20-/m0/s1. The van der Waals surface area contributed by atoms with Crippen LogP contribution in [-0.2, 0) is 18.4 Å². The highest BCUT2D eigenvalue weighted by molar-refractivity contribution is 5.79. The van der Waals surface area contributed by atoms with Crippen LogP contribution in [0.4, 0.5) is 0 Å². The molecule has 0 spiro atoms. The lowest BCUT2D eigenvalue weighted by Gasteiger charge is -2.33.